The lowest BCUT2D eigenvalue weighted by Gasteiger charge is -1.87. The third-order valence-electron chi connectivity index (χ3n) is 0.785. The van der Waals surface area contributed by atoms with Crippen LogP contribution in [-0.4, -0.2) is 15.2 Å². The molecule has 0 bridgehead atoms. The Balaban J connectivity index is 3.08. The molecule has 0 radical (unpaired) electrons. The molecule has 0 amide bonds. The first-order valence-corrected chi connectivity index (χ1v) is 2.42. The monoisotopic (exact) mass is 109 g/mol. The Morgan fingerprint density at radius 3 is 2.50 bits per heavy atom. The van der Waals surface area contributed by atoms with Gasteiger partial charge in [-0.25, -0.2) is 4.98 Å². The van der Waals surface area contributed by atoms with E-state index in [1.807, 2.05) is 13.8 Å². The average molecular weight is 109 g/mol. The van der Waals surface area contributed by atoms with E-state index in [-0.39, 0.29) is 0 Å². The molecular formula is C5H7N3. The summed E-state index contributed by atoms with van der Waals surface area (Å²) in [5.41, 5.74) is 0.914. The van der Waals surface area contributed by atoms with Crippen LogP contribution in [-0.2, 0) is 0 Å². The molecule has 42 valence electrons. The van der Waals surface area contributed by atoms with Crippen LogP contribution >= 0.6 is 0 Å². The second-order valence-electron chi connectivity index (χ2n) is 1.64. The molecule has 0 aromatic carbocycles. The molecule has 3 nitrogen and oxygen atoms in total. The molecule has 3 heteroatoms. The number of nitrogens with zero attached hydrogens (tertiary/aromatic N) is 3. The molecular weight excluding hydrogens is 102 g/mol. The first kappa shape index (κ1) is 5.15. The van der Waals surface area contributed by atoms with Crippen molar-refractivity contribution >= 4 is 0 Å². The van der Waals surface area contributed by atoms with Crippen LogP contribution in [0.15, 0.2) is 6.20 Å². The minimum absolute atomic E-state index is 0.727. The van der Waals surface area contributed by atoms with Crippen molar-refractivity contribution in [1.82, 2.24) is 15.2 Å². The molecule has 0 saturated heterocycles. The Morgan fingerprint density at radius 2 is 2.12 bits per heavy atom. The summed E-state index contributed by atoms with van der Waals surface area (Å²) in [6.07, 6.45) is 1.63. The van der Waals surface area contributed by atoms with Crippen LogP contribution in [0.4, 0.5) is 0 Å². The van der Waals surface area contributed by atoms with E-state index in [9.17, 15) is 0 Å². The predicted molar refractivity (Wildman–Crippen MR) is 29.3 cm³/mol. The normalized spacial score (nSPS) is 9.25. The van der Waals surface area contributed by atoms with Crippen LogP contribution in [0.25, 0.3) is 0 Å². The largest absolute Gasteiger partial charge is 0.235 e. The first-order chi connectivity index (χ1) is 3.79. The van der Waals surface area contributed by atoms with Gasteiger partial charge in [-0.05, 0) is 13.8 Å². The van der Waals surface area contributed by atoms with Crippen LogP contribution in [0.1, 0.15) is 11.5 Å². The molecule has 8 heavy (non-hydrogen) atoms. The smallest absolute Gasteiger partial charge is 0.148 e. The van der Waals surface area contributed by atoms with Gasteiger partial charge in [-0.2, -0.15) is 5.10 Å². The van der Waals surface area contributed by atoms with E-state index < -0.39 is 0 Å². The summed E-state index contributed by atoms with van der Waals surface area (Å²) in [7, 11) is 0. The fourth-order valence-electron chi connectivity index (χ4n) is 0.502. The maximum atomic E-state index is 4.00. The summed E-state index contributed by atoms with van der Waals surface area (Å²) < 4.78 is 0. The van der Waals surface area contributed by atoms with Crippen molar-refractivity contribution in [2.45, 2.75) is 13.8 Å². The lowest BCUT2D eigenvalue weighted by molar-refractivity contribution is 0.882. The fourth-order valence-corrected chi connectivity index (χ4v) is 0.502. The maximum absolute atomic E-state index is 4.00. The number of hydrogen-bond donors (Lipinski definition) is 0. The Bertz CT molecular complexity index is 168. The van der Waals surface area contributed by atoms with E-state index in [4.69, 9.17) is 0 Å². The van der Waals surface area contributed by atoms with Crippen molar-refractivity contribution in [3.8, 4) is 0 Å². The van der Waals surface area contributed by atoms with Crippen molar-refractivity contribution in [1.29, 1.82) is 0 Å². The maximum Gasteiger partial charge on any atom is 0.148 e. The Kier molecular flexibility index (Phi) is 1.20. The van der Waals surface area contributed by atoms with Gasteiger partial charge in [0.1, 0.15) is 5.82 Å². The van der Waals surface area contributed by atoms with E-state index in [2.05, 4.69) is 15.2 Å². The van der Waals surface area contributed by atoms with Crippen molar-refractivity contribution in [2.75, 3.05) is 0 Å². The topological polar surface area (TPSA) is 38.7 Å². The van der Waals surface area contributed by atoms with E-state index in [1.165, 1.54) is 0 Å². The van der Waals surface area contributed by atoms with Crippen LogP contribution in [0.5, 0.6) is 0 Å². The molecule has 0 atom stereocenters. The highest BCUT2D eigenvalue weighted by molar-refractivity contribution is 4.90. The minimum Gasteiger partial charge on any atom is -0.235 e. The van der Waals surface area contributed by atoms with E-state index in [0.717, 1.165) is 11.5 Å². The summed E-state index contributed by atoms with van der Waals surface area (Å²) in [5.74, 6) is 0.727. The minimum atomic E-state index is 0.727. The third-order valence-corrected chi connectivity index (χ3v) is 0.785. The van der Waals surface area contributed by atoms with Crippen molar-refractivity contribution in [2.24, 2.45) is 0 Å². The van der Waals surface area contributed by atoms with Crippen LogP contribution < -0.4 is 0 Å². The highest BCUT2D eigenvalue weighted by Gasteiger charge is 1.85. The lowest BCUT2D eigenvalue weighted by atomic mass is 10.5. The van der Waals surface area contributed by atoms with Gasteiger partial charge in [-0.15, -0.1) is 5.10 Å². The number of hydrogen-bond acceptors (Lipinski definition) is 3. The summed E-state index contributed by atoms with van der Waals surface area (Å²) in [5, 5.41) is 7.35. The zero-order valence-corrected chi connectivity index (χ0v) is 4.92. The summed E-state index contributed by atoms with van der Waals surface area (Å²) >= 11 is 0. The lowest BCUT2D eigenvalue weighted by Crippen LogP contribution is -1.91. The second-order valence-corrected chi connectivity index (χ2v) is 1.64. The van der Waals surface area contributed by atoms with Crippen molar-refractivity contribution in [3.05, 3.63) is 17.7 Å². The van der Waals surface area contributed by atoms with Gasteiger partial charge in [0.15, 0.2) is 0 Å². The predicted octanol–water partition coefficient (Wildman–Crippen LogP) is 0.488. The first-order valence-electron chi connectivity index (χ1n) is 2.42. The van der Waals surface area contributed by atoms with Gasteiger partial charge in [0, 0.05) is 0 Å². The Hall–Kier alpha value is -0.990. The molecule has 0 saturated carbocycles. The number of rotatable bonds is 0. The molecule has 0 aliphatic rings. The Labute approximate surface area is 47.8 Å². The second kappa shape index (κ2) is 1.86. The van der Waals surface area contributed by atoms with Crippen LogP contribution in [0.2, 0.25) is 0 Å². The van der Waals surface area contributed by atoms with Gasteiger partial charge in [-0.3, -0.25) is 0 Å². The van der Waals surface area contributed by atoms with E-state index in [0.29, 0.717) is 0 Å². The highest BCUT2D eigenvalue weighted by atomic mass is 15.1. The van der Waals surface area contributed by atoms with E-state index >= 15 is 0 Å². The molecule has 0 aliphatic heterocycles. The van der Waals surface area contributed by atoms with Gasteiger partial charge in [0.2, 0.25) is 0 Å². The molecule has 0 unspecified atom stereocenters. The third kappa shape index (κ3) is 0.992. The van der Waals surface area contributed by atoms with Crippen LogP contribution in [0.3, 0.4) is 0 Å². The zero-order chi connectivity index (χ0) is 5.98. The number of aromatic nitrogens is 3. The molecule has 1 aromatic rings. The quantitative estimate of drug-likeness (QED) is 0.486. The average Bonchev–Trinajstić information content (AvgIpc) is 1.64. The Morgan fingerprint density at radius 1 is 1.38 bits per heavy atom. The molecule has 1 heterocycles. The highest BCUT2D eigenvalue weighted by Crippen LogP contribution is 1.85. The van der Waals surface area contributed by atoms with Gasteiger partial charge in [0.25, 0.3) is 0 Å². The molecule has 0 N–H and O–H groups in total. The van der Waals surface area contributed by atoms with Crippen LogP contribution in [0, 0.1) is 13.8 Å². The number of aryl methyl sites for hydroxylation is 2. The molecule has 0 aliphatic carbocycles. The fraction of sp³-hybridized carbons (Fsp3) is 0.400. The standard InChI is InChI=1S/C5H7N3/c1-4-3-6-8-5(2)7-4/h3H,1-2H3. The van der Waals surface area contributed by atoms with Gasteiger partial charge in [-0.1, -0.05) is 0 Å². The van der Waals surface area contributed by atoms with Crippen molar-refractivity contribution in [3.63, 3.8) is 0 Å². The molecule has 0 spiro atoms. The SMILES string of the molecule is Cc1cnnc(C)n1. The summed E-state index contributed by atoms with van der Waals surface area (Å²) in [6, 6.07) is 0. The van der Waals surface area contributed by atoms with Gasteiger partial charge >= 0.3 is 0 Å². The summed E-state index contributed by atoms with van der Waals surface area (Å²) in [4.78, 5) is 4.00. The molecule has 0 fully saturated rings. The van der Waals surface area contributed by atoms with Gasteiger partial charge in [0.05, 0.1) is 11.9 Å². The van der Waals surface area contributed by atoms with Crippen molar-refractivity contribution < 1.29 is 0 Å². The van der Waals surface area contributed by atoms with E-state index in [1.54, 1.807) is 6.20 Å². The molecule has 1 rings (SSSR count). The van der Waals surface area contributed by atoms with Gasteiger partial charge < -0.3 is 0 Å². The molecule has 1 aromatic heterocycles. The zero-order valence-electron chi connectivity index (χ0n) is 4.92. The summed E-state index contributed by atoms with van der Waals surface area (Å²) in [6.45, 7) is 3.71.